The molecule has 1 aromatic carbocycles. The molecule has 0 bridgehead atoms. The normalized spacial score (nSPS) is 18.9. The highest BCUT2D eigenvalue weighted by Gasteiger charge is 2.23. The third-order valence-corrected chi connectivity index (χ3v) is 3.37. The molecule has 4 nitrogen and oxygen atoms in total. The molecule has 1 aliphatic rings. The molecule has 108 valence electrons. The van der Waals surface area contributed by atoms with Crippen LogP contribution in [0.25, 0.3) is 0 Å². The standard InChI is InChI=1S/C16H24N4/c1-3-11-18-16(17-4-2)19-14-10-12-20(13-14)15-8-6-5-7-9-15/h3,5-9,14H,1,4,10-13H2,2H3,(H2,17,18,19). The average Bonchev–Trinajstić information content (AvgIpc) is 2.94. The van der Waals surface area contributed by atoms with Gasteiger partial charge in [-0.2, -0.15) is 0 Å². The van der Waals surface area contributed by atoms with Crippen molar-refractivity contribution in [2.24, 2.45) is 4.99 Å². The quantitative estimate of drug-likeness (QED) is 0.489. The number of nitrogens with zero attached hydrogens (tertiary/aromatic N) is 2. The molecule has 20 heavy (non-hydrogen) atoms. The second-order valence-corrected chi connectivity index (χ2v) is 4.92. The van der Waals surface area contributed by atoms with Gasteiger partial charge in [-0.1, -0.05) is 24.3 Å². The number of anilines is 1. The van der Waals surface area contributed by atoms with E-state index in [0.717, 1.165) is 32.0 Å². The Morgan fingerprint density at radius 3 is 2.95 bits per heavy atom. The molecular weight excluding hydrogens is 248 g/mol. The van der Waals surface area contributed by atoms with Crippen LogP contribution in [0.4, 0.5) is 5.69 Å². The monoisotopic (exact) mass is 272 g/mol. The lowest BCUT2D eigenvalue weighted by atomic mass is 10.3. The van der Waals surface area contributed by atoms with Gasteiger partial charge in [0.15, 0.2) is 5.96 Å². The maximum atomic E-state index is 4.45. The molecule has 1 aromatic rings. The number of benzene rings is 1. The van der Waals surface area contributed by atoms with Crippen molar-refractivity contribution in [1.29, 1.82) is 0 Å². The van der Waals surface area contributed by atoms with Crippen LogP contribution in [0.2, 0.25) is 0 Å². The van der Waals surface area contributed by atoms with Crippen LogP contribution in [-0.4, -0.2) is 38.2 Å². The molecule has 4 heteroatoms. The highest BCUT2D eigenvalue weighted by atomic mass is 15.2. The SMILES string of the molecule is C=CCN=C(NCC)NC1CCN(c2ccccc2)C1. The van der Waals surface area contributed by atoms with Gasteiger partial charge in [0.2, 0.25) is 0 Å². The van der Waals surface area contributed by atoms with Crippen molar-refractivity contribution in [3.63, 3.8) is 0 Å². The van der Waals surface area contributed by atoms with Gasteiger partial charge in [0.25, 0.3) is 0 Å². The summed E-state index contributed by atoms with van der Waals surface area (Å²) in [6.45, 7) is 9.40. The van der Waals surface area contributed by atoms with E-state index in [1.54, 1.807) is 0 Å². The number of para-hydroxylation sites is 1. The molecule has 1 atom stereocenters. The first-order valence-electron chi connectivity index (χ1n) is 7.29. The van der Waals surface area contributed by atoms with Crippen molar-refractivity contribution >= 4 is 11.6 Å². The maximum absolute atomic E-state index is 4.45. The molecule has 1 fully saturated rings. The van der Waals surface area contributed by atoms with Crippen LogP contribution in [-0.2, 0) is 0 Å². The zero-order valence-electron chi connectivity index (χ0n) is 12.2. The zero-order valence-corrected chi connectivity index (χ0v) is 12.2. The van der Waals surface area contributed by atoms with Crippen molar-refractivity contribution in [2.75, 3.05) is 31.1 Å². The number of guanidine groups is 1. The minimum Gasteiger partial charge on any atom is -0.369 e. The van der Waals surface area contributed by atoms with E-state index < -0.39 is 0 Å². The van der Waals surface area contributed by atoms with Gasteiger partial charge in [-0.05, 0) is 25.5 Å². The fourth-order valence-corrected chi connectivity index (χ4v) is 2.42. The largest absolute Gasteiger partial charge is 0.369 e. The van der Waals surface area contributed by atoms with Crippen LogP contribution in [0.15, 0.2) is 48.0 Å². The maximum Gasteiger partial charge on any atom is 0.191 e. The molecule has 0 aliphatic carbocycles. The van der Waals surface area contributed by atoms with Crippen LogP contribution in [0.1, 0.15) is 13.3 Å². The molecule has 0 aromatic heterocycles. The summed E-state index contributed by atoms with van der Waals surface area (Å²) in [6.07, 6.45) is 2.94. The number of nitrogens with one attached hydrogen (secondary N) is 2. The van der Waals surface area contributed by atoms with E-state index in [0.29, 0.717) is 12.6 Å². The third kappa shape index (κ3) is 4.02. The Morgan fingerprint density at radius 2 is 2.25 bits per heavy atom. The lowest BCUT2D eigenvalue weighted by Gasteiger charge is -2.20. The summed E-state index contributed by atoms with van der Waals surface area (Å²) in [5, 5.41) is 6.77. The first kappa shape index (κ1) is 14.4. The Balaban J connectivity index is 1.90. The molecule has 2 rings (SSSR count). The van der Waals surface area contributed by atoms with E-state index in [2.05, 4.69) is 64.4 Å². The predicted molar refractivity (Wildman–Crippen MR) is 86.4 cm³/mol. The van der Waals surface area contributed by atoms with Gasteiger partial charge >= 0.3 is 0 Å². The lowest BCUT2D eigenvalue weighted by molar-refractivity contribution is 0.651. The van der Waals surface area contributed by atoms with Gasteiger partial charge in [-0.25, -0.2) is 4.99 Å². The number of hydrogen-bond donors (Lipinski definition) is 2. The van der Waals surface area contributed by atoms with E-state index in [4.69, 9.17) is 0 Å². The first-order chi connectivity index (χ1) is 9.83. The van der Waals surface area contributed by atoms with Gasteiger partial charge in [0.05, 0.1) is 6.54 Å². The Labute approximate surface area is 121 Å². The van der Waals surface area contributed by atoms with E-state index >= 15 is 0 Å². The molecule has 0 saturated carbocycles. The minimum atomic E-state index is 0.442. The van der Waals surface area contributed by atoms with Gasteiger partial charge in [0, 0.05) is 31.4 Å². The lowest BCUT2D eigenvalue weighted by Crippen LogP contribution is -2.44. The van der Waals surface area contributed by atoms with Gasteiger partial charge in [0.1, 0.15) is 0 Å². The van der Waals surface area contributed by atoms with Crippen LogP contribution < -0.4 is 15.5 Å². The first-order valence-corrected chi connectivity index (χ1v) is 7.29. The van der Waals surface area contributed by atoms with Crippen molar-refractivity contribution < 1.29 is 0 Å². The summed E-state index contributed by atoms with van der Waals surface area (Å²) in [6, 6.07) is 11.0. The van der Waals surface area contributed by atoms with Gasteiger partial charge < -0.3 is 15.5 Å². The summed E-state index contributed by atoms with van der Waals surface area (Å²) >= 11 is 0. The zero-order chi connectivity index (χ0) is 14.2. The molecule has 0 spiro atoms. The molecule has 0 radical (unpaired) electrons. The Kier molecular flexibility index (Phi) is 5.47. The molecule has 2 N–H and O–H groups in total. The summed E-state index contributed by atoms with van der Waals surface area (Å²) < 4.78 is 0. The van der Waals surface area contributed by atoms with Crippen molar-refractivity contribution in [3.05, 3.63) is 43.0 Å². The number of aliphatic imine (C=N–C) groups is 1. The second kappa shape index (κ2) is 7.58. The average molecular weight is 272 g/mol. The van der Waals surface area contributed by atoms with Gasteiger partial charge in [-0.15, -0.1) is 6.58 Å². The summed E-state index contributed by atoms with van der Waals surface area (Å²) in [5.74, 6) is 0.882. The van der Waals surface area contributed by atoms with Gasteiger partial charge in [-0.3, -0.25) is 0 Å². The van der Waals surface area contributed by atoms with Crippen molar-refractivity contribution in [2.45, 2.75) is 19.4 Å². The molecule has 1 saturated heterocycles. The Hall–Kier alpha value is -1.97. The van der Waals surface area contributed by atoms with Crippen LogP contribution in [0.3, 0.4) is 0 Å². The third-order valence-electron chi connectivity index (χ3n) is 3.37. The van der Waals surface area contributed by atoms with Crippen LogP contribution in [0.5, 0.6) is 0 Å². The molecule has 1 aliphatic heterocycles. The fourth-order valence-electron chi connectivity index (χ4n) is 2.42. The fraction of sp³-hybridized carbons (Fsp3) is 0.438. The minimum absolute atomic E-state index is 0.442. The number of hydrogen-bond acceptors (Lipinski definition) is 2. The molecule has 1 unspecified atom stereocenters. The predicted octanol–water partition coefficient (Wildman–Crippen LogP) is 2.01. The molecular formula is C16H24N4. The highest BCUT2D eigenvalue weighted by molar-refractivity contribution is 5.80. The molecule has 1 heterocycles. The van der Waals surface area contributed by atoms with E-state index in [1.165, 1.54) is 5.69 Å². The van der Waals surface area contributed by atoms with Crippen LogP contribution >= 0.6 is 0 Å². The summed E-state index contributed by atoms with van der Waals surface area (Å²) in [7, 11) is 0. The second-order valence-electron chi connectivity index (χ2n) is 4.92. The van der Waals surface area contributed by atoms with Crippen molar-refractivity contribution in [3.8, 4) is 0 Å². The topological polar surface area (TPSA) is 39.7 Å². The smallest absolute Gasteiger partial charge is 0.191 e. The summed E-state index contributed by atoms with van der Waals surface area (Å²) in [4.78, 5) is 6.86. The summed E-state index contributed by atoms with van der Waals surface area (Å²) in [5.41, 5.74) is 1.30. The molecule has 0 amide bonds. The highest BCUT2D eigenvalue weighted by Crippen LogP contribution is 2.19. The Bertz CT molecular complexity index is 441. The number of rotatable bonds is 5. The van der Waals surface area contributed by atoms with Crippen LogP contribution in [0, 0.1) is 0 Å². The Morgan fingerprint density at radius 1 is 1.45 bits per heavy atom. The van der Waals surface area contributed by atoms with E-state index in [1.807, 2.05) is 6.08 Å². The van der Waals surface area contributed by atoms with Crippen molar-refractivity contribution in [1.82, 2.24) is 10.6 Å². The van der Waals surface area contributed by atoms with E-state index in [-0.39, 0.29) is 0 Å². The van der Waals surface area contributed by atoms with E-state index in [9.17, 15) is 0 Å².